The number of hydrogen-bond donors (Lipinski definition) is 0. The molecular weight excluding hydrogens is 183 g/mol. The molecule has 1 aliphatic heterocycles. The van der Waals surface area contributed by atoms with Crippen LogP contribution in [-0.2, 0) is 19.0 Å². The highest BCUT2D eigenvalue weighted by Crippen LogP contribution is 2.17. The third kappa shape index (κ3) is 2.08. The maximum atomic E-state index is 12.6. The minimum Gasteiger partial charge on any atom is -0.450 e. The third-order valence-corrected chi connectivity index (χ3v) is 1.20. The van der Waals surface area contributed by atoms with Crippen LogP contribution in [0.25, 0.3) is 0 Å². The molecule has 1 saturated heterocycles. The predicted octanol–water partition coefficient (Wildman–Crippen LogP) is -0.00620. The highest BCUT2D eigenvalue weighted by atomic mass is 19.1. The van der Waals surface area contributed by atoms with Gasteiger partial charge in [0.15, 0.2) is 6.61 Å². The fourth-order valence-corrected chi connectivity index (χ4v) is 0.689. The van der Waals surface area contributed by atoms with Gasteiger partial charge < -0.3 is 14.2 Å². The van der Waals surface area contributed by atoms with Crippen LogP contribution in [0.2, 0.25) is 0 Å². The number of terminal acetylenes is 1. The monoisotopic (exact) mass is 188 g/mol. The minimum absolute atomic E-state index is 0.306. The largest absolute Gasteiger partial charge is 0.512 e. The van der Waals surface area contributed by atoms with Gasteiger partial charge in [-0.3, -0.25) is 0 Å². The van der Waals surface area contributed by atoms with Crippen molar-refractivity contribution in [2.24, 2.45) is 0 Å². The fraction of sp³-hybridized carbons (Fsp3) is 0.429. The molecule has 1 rings (SSSR count). The molecule has 0 N–H and O–H groups in total. The summed E-state index contributed by atoms with van der Waals surface area (Å²) in [6.45, 7) is -0.306. The number of carbonyl (C=O) groups excluding carboxylic acids is 2. The van der Waals surface area contributed by atoms with Gasteiger partial charge in [-0.05, 0) is 0 Å². The average Bonchev–Trinajstić information content (AvgIpc) is 2.41. The van der Waals surface area contributed by atoms with Crippen molar-refractivity contribution in [3.05, 3.63) is 0 Å². The molecule has 0 amide bonds. The Morgan fingerprint density at radius 1 is 1.69 bits per heavy atom. The molecule has 1 aliphatic rings. The van der Waals surface area contributed by atoms with Crippen LogP contribution >= 0.6 is 0 Å². The number of hydrogen-bond acceptors (Lipinski definition) is 5. The quantitative estimate of drug-likeness (QED) is 0.450. The van der Waals surface area contributed by atoms with Gasteiger partial charge in [0.25, 0.3) is 12.5 Å². The van der Waals surface area contributed by atoms with E-state index in [2.05, 4.69) is 14.2 Å². The van der Waals surface area contributed by atoms with E-state index in [4.69, 9.17) is 6.42 Å². The number of esters is 1. The van der Waals surface area contributed by atoms with Crippen molar-refractivity contribution in [3.8, 4) is 12.3 Å². The molecule has 1 fully saturated rings. The van der Waals surface area contributed by atoms with Gasteiger partial charge in [0.1, 0.15) is 0 Å². The van der Waals surface area contributed by atoms with E-state index in [9.17, 15) is 14.0 Å². The molecule has 0 aromatic carbocycles. The van der Waals surface area contributed by atoms with Gasteiger partial charge >= 0.3 is 12.1 Å². The summed E-state index contributed by atoms with van der Waals surface area (Å²) in [7, 11) is 0. The van der Waals surface area contributed by atoms with Gasteiger partial charge in [-0.2, -0.15) is 4.39 Å². The first-order valence-electron chi connectivity index (χ1n) is 3.26. The molecule has 2 atom stereocenters. The molecule has 13 heavy (non-hydrogen) atoms. The van der Waals surface area contributed by atoms with Crippen molar-refractivity contribution < 1.29 is 28.2 Å². The van der Waals surface area contributed by atoms with Crippen molar-refractivity contribution >= 4 is 12.1 Å². The normalized spacial score (nSPS) is 25.7. The van der Waals surface area contributed by atoms with E-state index in [1.54, 1.807) is 0 Å². The van der Waals surface area contributed by atoms with Crippen molar-refractivity contribution in [1.82, 2.24) is 0 Å². The zero-order valence-corrected chi connectivity index (χ0v) is 6.36. The molecule has 2 unspecified atom stereocenters. The van der Waals surface area contributed by atoms with E-state index in [0.717, 1.165) is 0 Å². The molecule has 6 heteroatoms. The van der Waals surface area contributed by atoms with Crippen molar-refractivity contribution in [2.75, 3.05) is 6.61 Å². The lowest BCUT2D eigenvalue weighted by Gasteiger charge is -2.06. The number of carbonyl (C=O) groups is 2. The van der Waals surface area contributed by atoms with Gasteiger partial charge in [-0.15, -0.1) is 6.42 Å². The second-order valence-corrected chi connectivity index (χ2v) is 2.07. The van der Waals surface area contributed by atoms with Gasteiger partial charge in [-0.1, -0.05) is 5.92 Å². The second-order valence-electron chi connectivity index (χ2n) is 2.07. The van der Waals surface area contributed by atoms with Crippen LogP contribution in [0.3, 0.4) is 0 Å². The van der Waals surface area contributed by atoms with Crippen molar-refractivity contribution in [3.63, 3.8) is 0 Å². The Labute approximate surface area is 72.8 Å². The number of ether oxygens (including phenoxy) is 3. The number of alkyl halides is 1. The van der Waals surface area contributed by atoms with Crippen LogP contribution in [0.4, 0.5) is 9.18 Å². The van der Waals surface area contributed by atoms with Gasteiger partial charge in [0.05, 0.1) is 0 Å². The first-order valence-corrected chi connectivity index (χ1v) is 3.26. The molecule has 0 radical (unpaired) electrons. The summed E-state index contributed by atoms with van der Waals surface area (Å²) >= 11 is 0. The first kappa shape index (κ1) is 9.32. The molecule has 0 bridgehead atoms. The van der Waals surface area contributed by atoms with Crippen LogP contribution < -0.4 is 0 Å². The maximum Gasteiger partial charge on any atom is 0.512 e. The number of rotatable bonds is 2. The van der Waals surface area contributed by atoms with E-state index in [1.807, 2.05) is 5.92 Å². The molecule has 1 heterocycles. The standard InChI is InChI=1S/C7H5FO5/c1-2-3-11-6(9)4-5(8)13-7(10)12-4/h1,4-5H,3H2. The van der Waals surface area contributed by atoms with Crippen LogP contribution in [0.15, 0.2) is 0 Å². The summed E-state index contributed by atoms with van der Waals surface area (Å²) in [6, 6.07) is 0. The SMILES string of the molecule is C#CCOC(=O)C1OC(=O)OC1F. The lowest BCUT2D eigenvalue weighted by molar-refractivity contribution is -0.154. The molecule has 0 aromatic rings. The van der Waals surface area contributed by atoms with Crippen LogP contribution in [0, 0.1) is 12.3 Å². The van der Waals surface area contributed by atoms with E-state index in [-0.39, 0.29) is 6.61 Å². The smallest absolute Gasteiger partial charge is 0.450 e. The molecule has 5 nitrogen and oxygen atoms in total. The minimum atomic E-state index is -2.13. The third-order valence-electron chi connectivity index (χ3n) is 1.20. The Bertz CT molecular complexity index is 269. The summed E-state index contributed by atoms with van der Waals surface area (Å²) in [5.74, 6) is 0.942. The Hall–Kier alpha value is -1.77. The highest BCUT2D eigenvalue weighted by molar-refractivity contribution is 5.80. The molecule has 0 spiro atoms. The molecule has 0 aliphatic carbocycles. The van der Waals surface area contributed by atoms with E-state index in [1.165, 1.54) is 0 Å². The van der Waals surface area contributed by atoms with Crippen LogP contribution in [-0.4, -0.2) is 31.2 Å². The predicted molar refractivity (Wildman–Crippen MR) is 36.0 cm³/mol. The summed E-state index contributed by atoms with van der Waals surface area (Å²) in [6.07, 6.45) is -0.256. The Kier molecular flexibility index (Phi) is 2.69. The second kappa shape index (κ2) is 3.76. The van der Waals surface area contributed by atoms with Crippen LogP contribution in [0.1, 0.15) is 0 Å². The highest BCUT2D eigenvalue weighted by Gasteiger charge is 2.43. The van der Waals surface area contributed by atoms with Gasteiger partial charge in [0.2, 0.25) is 0 Å². The van der Waals surface area contributed by atoms with Gasteiger partial charge in [-0.25, -0.2) is 9.59 Å². The Morgan fingerprint density at radius 3 is 2.85 bits per heavy atom. The van der Waals surface area contributed by atoms with E-state index in [0.29, 0.717) is 0 Å². The Morgan fingerprint density at radius 2 is 2.38 bits per heavy atom. The van der Waals surface area contributed by atoms with Crippen molar-refractivity contribution in [2.45, 2.75) is 12.5 Å². The zero-order chi connectivity index (χ0) is 9.84. The van der Waals surface area contributed by atoms with E-state index < -0.39 is 24.6 Å². The maximum absolute atomic E-state index is 12.6. The van der Waals surface area contributed by atoms with Gasteiger partial charge in [0, 0.05) is 0 Å². The van der Waals surface area contributed by atoms with Crippen LogP contribution in [0.5, 0.6) is 0 Å². The number of halogens is 1. The topological polar surface area (TPSA) is 61.8 Å². The summed E-state index contributed by atoms with van der Waals surface area (Å²) < 4.78 is 25.0. The summed E-state index contributed by atoms with van der Waals surface area (Å²) in [5, 5.41) is 0. The fourth-order valence-electron chi connectivity index (χ4n) is 0.689. The molecule has 70 valence electrons. The average molecular weight is 188 g/mol. The summed E-state index contributed by atoms with van der Waals surface area (Å²) in [4.78, 5) is 21.2. The lowest BCUT2D eigenvalue weighted by Crippen LogP contribution is -2.30. The zero-order valence-electron chi connectivity index (χ0n) is 6.36. The number of cyclic esters (lactones) is 2. The van der Waals surface area contributed by atoms with E-state index >= 15 is 0 Å². The first-order chi connectivity index (χ1) is 6.15. The molecule has 0 aromatic heterocycles. The molecular formula is C7H5FO5. The Balaban J connectivity index is 2.48. The van der Waals surface area contributed by atoms with Crippen molar-refractivity contribution in [1.29, 1.82) is 0 Å². The summed E-state index contributed by atoms with van der Waals surface area (Å²) in [5.41, 5.74) is 0. The molecule has 0 saturated carbocycles. The lowest BCUT2D eigenvalue weighted by atomic mass is 10.4.